The van der Waals surface area contributed by atoms with Gasteiger partial charge in [-0.2, -0.15) is 0 Å². The molecule has 7 heteroatoms. The standard InChI is InChI=1S/C11H22N4O2S/c1-11(2,3)13-8-10-7-12-9-15(10)6-5-14-18(4,16)17/h7,9,13-14H,5-6,8H2,1-4H3. The molecule has 0 saturated carbocycles. The Bertz CT molecular complexity index is 473. The topological polar surface area (TPSA) is 76.0 Å². The lowest BCUT2D eigenvalue weighted by atomic mass is 10.1. The maximum atomic E-state index is 11.0. The Hall–Kier alpha value is -0.920. The minimum Gasteiger partial charge on any atom is -0.332 e. The Morgan fingerprint density at radius 2 is 2.06 bits per heavy atom. The van der Waals surface area contributed by atoms with Crippen LogP contribution >= 0.6 is 0 Å². The first-order chi connectivity index (χ1) is 8.17. The third kappa shape index (κ3) is 6.13. The maximum Gasteiger partial charge on any atom is 0.208 e. The highest BCUT2D eigenvalue weighted by Crippen LogP contribution is 2.04. The van der Waals surface area contributed by atoms with E-state index in [1.165, 1.54) is 0 Å². The van der Waals surface area contributed by atoms with Crippen molar-refractivity contribution in [2.45, 2.75) is 39.4 Å². The molecule has 0 radical (unpaired) electrons. The van der Waals surface area contributed by atoms with Crippen LogP contribution in [0.15, 0.2) is 12.5 Å². The van der Waals surface area contributed by atoms with E-state index in [9.17, 15) is 8.42 Å². The van der Waals surface area contributed by atoms with Gasteiger partial charge in [0.25, 0.3) is 0 Å². The summed E-state index contributed by atoms with van der Waals surface area (Å²) in [5, 5.41) is 3.37. The molecule has 1 heterocycles. The molecule has 0 unspecified atom stereocenters. The molecule has 0 aromatic carbocycles. The summed E-state index contributed by atoms with van der Waals surface area (Å²) in [4.78, 5) is 4.08. The molecule has 0 atom stereocenters. The van der Waals surface area contributed by atoms with E-state index in [0.717, 1.165) is 11.9 Å². The summed E-state index contributed by atoms with van der Waals surface area (Å²) in [5.74, 6) is 0. The van der Waals surface area contributed by atoms with E-state index in [1.54, 1.807) is 12.5 Å². The molecule has 104 valence electrons. The van der Waals surface area contributed by atoms with Gasteiger partial charge in [0, 0.05) is 31.4 Å². The largest absolute Gasteiger partial charge is 0.332 e. The van der Waals surface area contributed by atoms with Crippen LogP contribution in [-0.2, 0) is 23.1 Å². The second kappa shape index (κ2) is 5.81. The van der Waals surface area contributed by atoms with Gasteiger partial charge in [-0.15, -0.1) is 0 Å². The van der Waals surface area contributed by atoms with Gasteiger partial charge in [-0.25, -0.2) is 18.1 Å². The van der Waals surface area contributed by atoms with E-state index in [1.807, 2.05) is 4.57 Å². The lowest BCUT2D eigenvalue weighted by Crippen LogP contribution is -2.36. The van der Waals surface area contributed by atoms with Crippen molar-refractivity contribution in [1.82, 2.24) is 19.6 Å². The molecule has 1 rings (SSSR count). The van der Waals surface area contributed by atoms with Gasteiger partial charge in [0.05, 0.1) is 18.3 Å². The summed E-state index contributed by atoms with van der Waals surface area (Å²) in [6.45, 7) is 7.95. The molecule has 0 spiro atoms. The molecule has 0 aliphatic rings. The fourth-order valence-electron chi connectivity index (χ4n) is 1.40. The van der Waals surface area contributed by atoms with E-state index in [0.29, 0.717) is 19.6 Å². The molecule has 1 aromatic rings. The fourth-order valence-corrected chi connectivity index (χ4v) is 1.87. The number of hydrogen-bond donors (Lipinski definition) is 2. The third-order valence-electron chi connectivity index (χ3n) is 2.32. The summed E-state index contributed by atoms with van der Waals surface area (Å²) in [6.07, 6.45) is 4.66. The van der Waals surface area contributed by atoms with Crippen molar-refractivity contribution in [3.8, 4) is 0 Å². The SMILES string of the molecule is CC(C)(C)NCc1cncn1CCNS(C)(=O)=O. The average Bonchev–Trinajstić information content (AvgIpc) is 2.59. The van der Waals surface area contributed by atoms with Crippen molar-refractivity contribution in [2.24, 2.45) is 0 Å². The fraction of sp³-hybridized carbons (Fsp3) is 0.727. The van der Waals surface area contributed by atoms with Gasteiger partial charge in [-0.1, -0.05) is 0 Å². The Morgan fingerprint density at radius 3 is 2.61 bits per heavy atom. The predicted molar refractivity (Wildman–Crippen MR) is 71.7 cm³/mol. The van der Waals surface area contributed by atoms with Crippen molar-refractivity contribution in [3.05, 3.63) is 18.2 Å². The Balaban J connectivity index is 2.50. The third-order valence-corrected chi connectivity index (χ3v) is 3.04. The van der Waals surface area contributed by atoms with Gasteiger partial charge in [-0.3, -0.25) is 0 Å². The molecule has 0 bridgehead atoms. The summed E-state index contributed by atoms with van der Waals surface area (Å²) >= 11 is 0. The Kier molecular flexibility index (Phi) is 4.89. The quantitative estimate of drug-likeness (QED) is 0.783. The first-order valence-electron chi connectivity index (χ1n) is 5.86. The number of hydrogen-bond acceptors (Lipinski definition) is 4. The molecular formula is C11H22N4O2S. The number of sulfonamides is 1. The number of nitrogens with zero attached hydrogens (tertiary/aromatic N) is 2. The van der Waals surface area contributed by atoms with Gasteiger partial charge in [-0.05, 0) is 20.8 Å². The zero-order valence-electron chi connectivity index (χ0n) is 11.4. The van der Waals surface area contributed by atoms with Crippen molar-refractivity contribution in [2.75, 3.05) is 12.8 Å². The Labute approximate surface area is 109 Å². The van der Waals surface area contributed by atoms with E-state index in [-0.39, 0.29) is 5.54 Å². The zero-order valence-corrected chi connectivity index (χ0v) is 12.2. The van der Waals surface area contributed by atoms with E-state index >= 15 is 0 Å². The average molecular weight is 274 g/mol. The van der Waals surface area contributed by atoms with Crippen LogP contribution in [0.1, 0.15) is 26.5 Å². The smallest absolute Gasteiger partial charge is 0.208 e. The van der Waals surface area contributed by atoms with Crippen molar-refractivity contribution in [1.29, 1.82) is 0 Å². The lowest BCUT2D eigenvalue weighted by molar-refractivity contribution is 0.415. The number of imidazole rings is 1. The highest BCUT2D eigenvalue weighted by Gasteiger charge is 2.10. The molecule has 1 aromatic heterocycles. The normalized spacial score (nSPS) is 12.9. The second-order valence-electron chi connectivity index (χ2n) is 5.35. The minimum absolute atomic E-state index is 0.0418. The van der Waals surface area contributed by atoms with E-state index in [2.05, 4.69) is 35.8 Å². The molecular weight excluding hydrogens is 252 g/mol. The van der Waals surface area contributed by atoms with Crippen LogP contribution in [-0.4, -0.2) is 36.3 Å². The van der Waals surface area contributed by atoms with E-state index in [4.69, 9.17) is 0 Å². The number of rotatable bonds is 6. The molecule has 18 heavy (non-hydrogen) atoms. The molecule has 0 saturated heterocycles. The first kappa shape index (κ1) is 15.1. The maximum absolute atomic E-state index is 11.0. The van der Waals surface area contributed by atoms with Crippen LogP contribution in [0.5, 0.6) is 0 Å². The van der Waals surface area contributed by atoms with Crippen LogP contribution in [0.4, 0.5) is 0 Å². The minimum atomic E-state index is -3.13. The molecule has 0 aliphatic carbocycles. The number of aromatic nitrogens is 2. The second-order valence-corrected chi connectivity index (χ2v) is 7.18. The summed E-state index contributed by atoms with van der Waals surface area (Å²) in [6, 6.07) is 0. The predicted octanol–water partition coefficient (Wildman–Crippen LogP) is 0.320. The summed E-state index contributed by atoms with van der Waals surface area (Å²) in [5.41, 5.74) is 1.08. The van der Waals surface area contributed by atoms with Crippen molar-refractivity contribution < 1.29 is 8.42 Å². The highest BCUT2D eigenvalue weighted by atomic mass is 32.2. The highest BCUT2D eigenvalue weighted by molar-refractivity contribution is 7.88. The van der Waals surface area contributed by atoms with Crippen molar-refractivity contribution >= 4 is 10.0 Å². The Morgan fingerprint density at radius 1 is 1.39 bits per heavy atom. The van der Waals surface area contributed by atoms with Gasteiger partial charge >= 0.3 is 0 Å². The van der Waals surface area contributed by atoms with Crippen molar-refractivity contribution in [3.63, 3.8) is 0 Å². The molecule has 6 nitrogen and oxygen atoms in total. The molecule has 0 amide bonds. The van der Waals surface area contributed by atoms with Crippen LogP contribution in [0, 0.1) is 0 Å². The summed E-state index contributed by atoms with van der Waals surface area (Å²) in [7, 11) is -3.13. The van der Waals surface area contributed by atoms with Crippen LogP contribution in [0.3, 0.4) is 0 Å². The zero-order chi connectivity index (χ0) is 13.8. The van der Waals surface area contributed by atoms with Gasteiger partial charge in [0.15, 0.2) is 0 Å². The summed E-state index contributed by atoms with van der Waals surface area (Å²) < 4.78 is 26.3. The van der Waals surface area contributed by atoms with Crippen LogP contribution in [0.25, 0.3) is 0 Å². The van der Waals surface area contributed by atoms with Crippen LogP contribution in [0.2, 0.25) is 0 Å². The number of nitrogens with one attached hydrogen (secondary N) is 2. The lowest BCUT2D eigenvalue weighted by Gasteiger charge is -2.20. The molecule has 0 aliphatic heterocycles. The van der Waals surface area contributed by atoms with Gasteiger partial charge in [0.2, 0.25) is 10.0 Å². The van der Waals surface area contributed by atoms with Gasteiger partial charge in [0.1, 0.15) is 0 Å². The first-order valence-corrected chi connectivity index (χ1v) is 7.75. The molecule has 0 fully saturated rings. The monoisotopic (exact) mass is 274 g/mol. The molecule has 2 N–H and O–H groups in total. The van der Waals surface area contributed by atoms with Gasteiger partial charge < -0.3 is 9.88 Å². The van der Waals surface area contributed by atoms with E-state index < -0.39 is 10.0 Å². The van der Waals surface area contributed by atoms with Crippen LogP contribution < -0.4 is 10.0 Å².